The molecule has 1 saturated heterocycles. The number of ether oxygens (including phenoxy) is 2. The second-order valence-electron chi connectivity index (χ2n) is 6.25. The van der Waals surface area contributed by atoms with Gasteiger partial charge in [-0.1, -0.05) is 0 Å². The Hall–Kier alpha value is -1.98. The number of nitrogen functional groups attached to an aromatic ring is 1. The van der Waals surface area contributed by atoms with Gasteiger partial charge in [-0.2, -0.15) is 4.98 Å². The lowest BCUT2D eigenvalue weighted by Gasteiger charge is -2.24. The summed E-state index contributed by atoms with van der Waals surface area (Å²) in [7, 11) is 1.58. The van der Waals surface area contributed by atoms with E-state index in [0.29, 0.717) is 24.8 Å². The van der Waals surface area contributed by atoms with Crippen LogP contribution >= 0.6 is 0 Å². The molecule has 21 heavy (non-hydrogen) atoms. The van der Waals surface area contributed by atoms with Gasteiger partial charge in [0, 0.05) is 24.6 Å². The Bertz CT molecular complexity index is 525. The zero-order valence-corrected chi connectivity index (χ0v) is 13.0. The fraction of sp³-hybridized carbons (Fsp3) is 0.600. The van der Waals surface area contributed by atoms with E-state index in [4.69, 9.17) is 15.2 Å². The minimum Gasteiger partial charge on any atom is -0.481 e. The first-order chi connectivity index (χ1) is 9.80. The molecule has 0 aromatic carbocycles. The quantitative estimate of drug-likeness (QED) is 0.906. The number of anilines is 1. The van der Waals surface area contributed by atoms with Crippen molar-refractivity contribution >= 4 is 11.9 Å². The molecule has 2 rings (SSSR count). The van der Waals surface area contributed by atoms with E-state index in [1.165, 1.54) is 0 Å². The van der Waals surface area contributed by atoms with Gasteiger partial charge < -0.3 is 20.1 Å². The summed E-state index contributed by atoms with van der Waals surface area (Å²) < 4.78 is 10.7. The average molecular weight is 293 g/mol. The van der Waals surface area contributed by atoms with Crippen LogP contribution < -0.4 is 10.5 Å². The van der Waals surface area contributed by atoms with Crippen molar-refractivity contribution in [3.63, 3.8) is 0 Å². The first kappa shape index (κ1) is 15.4. The number of aromatic nitrogens is 1. The molecule has 1 aromatic rings. The summed E-state index contributed by atoms with van der Waals surface area (Å²) in [5, 5.41) is 0. The van der Waals surface area contributed by atoms with Crippen molar-refractivity contribution in [1.82, 2.24) is 9.88 Å². The number of nitrogens with two attached hydrogens (primary N) is 1. The highest BCUT2D eigenvalue weighted by atomic mass is 16.6. The molecule has 1 atom stereocenters. The van der Waals surface area contributed by atoms with Crippen LogP contribution in [-0.2, 0) is 4.74 Å². The maximum absolute atomic E-state index is 12.1. The van der Waals surface area contributed by atoms with Crippen LogP contribution in [0.3, 0.4) is 0 Å². The van der Waals surface area contributed by atoms with Crippen LogP contribution in [0.4, 0.5) is 10.6 Å². The lowest BCUT2D eigenvalue weighted by Crippen LogP contribution is -2.35. The molecule has 1 aliphatic heterocycles. The third kappa shape index (κ3) is 3.77. The Kier molecular flexibility index (Phi) is 4.25. The van der Waals surface area contributed by atoms with Crippen molar-refractivity contribution in [3.8, 4) is 5.88 Å². The highest BCUT2D eigenvalue weighted by Crippen LogP contribution is 2.33. The number of nitrogens with zero attached hydrogens (tertiary/aromatic N) is 2. The number of pyridine rings is 1. The number of carbonyl (C=O) groups excluding carboxylic acids is 1. The van der Waals surface area contributed by atoms with Gasteiger partial charge in [0.1, 0.15) is 11.4 Å². The highest BCUT2D eigenvalue weighted by molar-refractivity contribution is 5.68. The smallest absolute Gasteiger partial charge is 0.410 e. The predicted molar refractivity (Wildman–Crippen MR) is 80.4 cm³/mol. The molecule has 6 heteroatoms. The van der Waals surface area contributed by atoms with E-state index in [9.17, 15) is 4.79 Å². The molecular weight excluding hydrogens is 270 g/mol. The lowest BCUT2D eigenvalue weighted by atomic mass is 9.99. The Morgan fingerprint density at radius 2 is 2.14 bits per heavy atom. The number of likely N-dealkylation sites (tertiary alicyclic amines) is 1. The Labute approximate surface area is 125 Å². The van der Waals surface area contributed by atoms with Crippen LogP contribution in [0, 0.1) is 0 Å². The summed E-state index contributed by atoms with van der Waals surface area (Å²) in [5.41, 5.74) is 6.18. The van der Waals surface area contributed by atoms with Gasteiger partial charge in [0.25, 0.3) is 0 Å². The molecule has 0 radical (unpaired) electrons. The van der Waals surface area contributed by atoms with E-state index in [0.717, 1.165) is 12.0 Å². The van der Waals surface area contributed by atoms with Crippen LogP contribution in [0.1, 0.15) is 38.7 Å². The summed E-state index contributed by atoms with van der Waals surface area (Å²) in [6.07, 6.45) is 0.591. The summed E-state index contributed by atoms with van der Waals surface area (Å²) in [6, 6.07) is 3.68. The van der Waals surface area contributed by atoms with Gasteiger partial charge in [-0.25, -0.2) is 4.79 Å². The Balaban J connectivity index is 2.07. The number of amides is 1. The van der Waals surface area contributed by atoms with Gasteiger partial charge in [-0.05, 0) is 39.3 Å². The van der Waals surface area contributed by atoms with Crippen molar-refractivity contribution in [2.24, 2.45) is 0 Å². The van der Waals surface area contributed by atoms with Gasteiger partial charge in [-0.3, -0.25) is 0 Å². The summed E-state index contributed by atoms with van der Waals surface area (Å²) in [4.78, 5) is 18.0. The maximum atomic E-state index is 12.1. The number of hydrogen-bond donors (Lipinski definition) is 1. The van der Waals surface area contributed by atoms with Gasteiger partial charge in [0.15, 0.2) is 0 Å². The third-order valence-corrected chi connectivity index (χ3v) is 3.38. The molecule has 6 nitrogen and oxygen atoms in total. The topological polar surface area (TPSA) is 77.7 Å². The SMILES string of the molecule is COc1nc(N)ccc1[C@@H]1CCN(C(=O)OC(C)(C)C)C1. The standard InChI is InChI=1S/C15H23N3O3/c1-15(2,3)21-14(19)18-8-7-10(9-18)11-5-6-12(16)17-13(11)20-4/h5-6,10H,7-9H2,1-4H3,(H2,16,17)/t10-/m1/s1. The fourth-order valence-corrected chi connectivity index (χ4v) is 2.45. The van der Waals surface area contributed by atoms with E-state index in [1.807, 2.05) is 26.8 Å². The number of rotatable bonds is 2. The van der Waals surface area contributed by atoms with E-state index >= 15 is 0 Å². The number of methoxy groups -OCH3 is 1. The molecule has 1 amide bonds. The molecule has 1 aliphatic rings. The van der Waals surface area contributed by atoms with Crippen LogP contribution in [0.15, 0.2) is 12.1 Å². The van der Waals surface area contributed by atoms with Crippen molar-refractivity contribution in [1.29, 1.82) is 0 Å². The zero-order valence-electron chi connectivity index (χ0n) is 13.0. The summed E-state index contributed by atoms with van der Waals surface area (Å²) in [5.74, 6) is 1.16. The van der Waals surface area contributed by atoms with Crippen molar-refractivity contribution < 1.29 is 14.3 Å². The fourth-order valence-electron chi connectivity index (χ4n) is 2.45. The van der Waals surface area contributed by atoms with Gasteiger partial charge in [0.2, 0.25) is 5.88 Å². The Morgan fingerprint density at radius 3 is 2.76 bits per heavy atom. The molecule has 1 aromatic heterocycles. The second-order valence-corrected chi connectivity index (χ2v) is 6.25. The number of carbonyl (C=O) groups is 1. The zero-order chi connectivity index (χ0) is 15.6. The van der Waals surface area contributed by atoms with Gasteiger partial charge in [-0.15, -0.1) is 0 Å². The second kappa shape index (κ2) is 5.79. The van der Waals surface area contributed by atoms with Crippen LogP contribution in [0.2, 0.25) is 0 Å². The molecule has 2 N–H and O–H groups in total. The molecule has 2 heterocycles. The van der Waals surface area contributed by atoms with E-state index < -0.39 is 5.60 Å². The largest absolute Gasteiger partial charge is 0.481 e. The molecule has 1 fully saturated rings. The minimum atomic E-state index is -0.477. The molecule has 0 saturated carbocycles. The summed E-state index contributed by atoms with van der Waals surface area (Å²) >= 11 is 0. The maximum Gasteiger partial charge on any atom is 0.410 e. The molecule has 0 unspecified atom stereocenters. The van der Waals surface area contributed by atoms with E-state index in [-0.39, 0.29) is 12.0 Å². The summed E-state index contributed by atoms with van der Waals surface area (Å²) in [6.45, 7) is 6.88. The van der Waals surface area contributed by atoms with Crippen molar-refractivity contribution in [2.45, 2.75) is 38.7 Å². The minimum absolute atomic E-state index is 0.195. The monoisotopic (exact) mass is 293 g/mol. The predicted octanol–water partition coefficient (Wildman–Crippen LogP) is 2.40. The van der Waals surface area contributed by atoms with Crippen LogP contribution in [0.5, 0.6) is 5.88 Å². The number of hydrogen-bond acceptors (Lipinski definition) is 5. The first-order valence-electron chi connectivity index (χ1n) is 7.08. The third-order valence-electron chi connectivity index (χ3n) is 3.38. The van der Waals surface area contributed by atoms with E-state index in [2.05, 4.69) is 4.98 Å². The molecular formula is C15H23N3O3. The van der Waals surface area contributed by atoms with Crippen LogP contribution in [-0.4, -0.2) is 41.8 Å². The van der Waals surface area contributed by atoms with Crippen LogP contribution in [0.25, 0.3) is 0 Å². The van der Waals surface area contributed by atoms with Crippen molar-refractivity contribution in [3.05, 3.63) is 17.7 Å². The van der Waals surface area contributed by atoms with E-state index in [1.54, 1.807) is 18.1 Å². The highest BCUT2D eigenvalue weighted by Gasteiger charge is 2.32. The molecule has 116 valence electrons. The van der Waals surface area contributed by atoms with Gasteiger partial charge >= 0.3 is 6.09 Å². The molecule has 0 bridgehead atoms. The molecule has 0 aliphatic carbocycles. The molecule has 0 spiro atoms. The van der Waals surface area contributed by atoms with Gasteiger partial charge in [0.05, 0.1) is 7.11 Å². The normalized spacial score (nSPS) is 18.7. The first-order valence-corrected chi connectivity index (χ1v) is 7.08. The average Bonchev–Trinajstić information content (AvgIpc) is 2.86. The lowest BCUT2D eigenvalue weighted by molar-refractivity contribution is 0.0292. The Morgan fingerprint density at radius 1 is 1.43 bits per heavy atom. The van der Waals surface area contributed by atoms with Crippen molar-refractivity contribution in [2.75, 3.05) is 25.9 Å².